The summed E-state index contributed by atoms with van der Waals surface area (Å²) < 4.78 is 55.1. The van der Waals surface area contributed by atoms with Crippen molar-refractivity contribution in [2.24, 2.45) is 0 Å². The van der Waals surface area contributed by atoms with Crippen LogP contribution < -0.4 is 10.2 Å². The predicted octanol–water partition coefficient (Wildman–Crippen LogP) is 5.05. The molecular weight excluding hydrogens is 466 g/mol. The Morgan fingerprint density at radius 2 is 1.76 bits per heavy atom. The van der Waals surface area contributed by atoms with Crippen LogP contribution >= 0.6 is 11.6 Å². The molecule has 3 rings (SSSR count). The highest BCUT2D eigenvalue weighted by molar-refractivity contribution is 6.30. The zero-order valence-corrected chi connectivity index (χ0v) is 18.4. The number of hydrogen-bond donors (Lipinski definition) is 1. The number of aromatic nitrogens is 2. The van der Waals surface area contributed by atoms with Crippen LogP contribution in [0.15, 0.2) is 48.5 Å². The number of hydrogen-bond acceptors (Lipinski definition) is 3. The Hall–Kier alpha value is -3.60. The molecule has 7 nitrogen and oxygen atoms in total. The smallest absolute Gasteiger partial charge is 0.345 e. The van der Waals surface area contributed by atoms with Gasteiger partial charge in [0.15, 0.2) is 5.69 Å². The van der Waals surface area contributed by atoms with Crippen LogP contribution in [0.1, 0.15) is 16.1 Å². The summed E-state index contributed by atoms with van der Waals surface area (Å²) in [6, 6.07) is 9.22. The fourth-order valence-corrected chi connectivity index (χ4v) is 3.05. The maximum Gasteiger partial charge on any atom is 0.435 e. The van der Waals surface area contributed by atoms with Crippen molar-refractivity contribution in [2.75, 3.05) is 31.4 Å². The maximum atomic E-state index is 14.3. The number of anilines is 2. The maximum absolute atomic E-state index is 14.3. The molecule has 1 N–H and O–H groups in total. The monoisotopic (exact) mass is 483 g/mol. The topological polar surface area (TPSA) is 70.5 Å². The summed E-state index contributed by atoms with van der Waals surface area (Å²) in [4.78, 5) is 26.8. The Morgan fingerprint density at radius 1 is 1.06 bits per heavy atom. The average Bonchev–Trinajstić information content (AvgIpc) is 3.19. The highest BCUT2D eigenvalue weighted by atomic mass is 35.5. The van der Waals surface area contributed by atoms with Crippen molar-refractivity contribution in [3.8, 4) is 5.69 Å². The number of nitrogens with one attached hydrogen (secondary N) is 1. The van der Waals surface area contributed by atoms with Gasteiger partial charge in [-0.2, -0.15) is 18.3 Å². The predicted molar refractivity (Wildman–Crippen MR) is 115 cm³/mol. The molecule has 0 aliphatic heterocycles. The number of carbonyl (C=O) groups is 2. The molecule has 1 aromatic heterocycles. The lowest BCUT2D eigenvalue weighted by Gasteiger charge is -2.19. The number of halogens is 5. The molecule has 0 saturated carbocycles. The molecule has 0 radical (unpaired) electrons. The zero-order chi connectivity index (χ0) is 24.5. The number of rotatable bonds is 4. The molecule has 0 atom stereocenters. The van der Waals surface area contributed by atoms with E-state index in [4.69, 9.17) is 11.6 Å². The average molecular weight is 484 g/mol. The van der Waals surface area contributed by atoms with Gasteiger partial charge in [-0.15, -0.1) is 0 Å². The van der Waals surface area contributed by atoms with Crippen molar-refractivity contribution in [2.45, 2.75) is 6.18 Å². The summed E-state index contributed by atoms with van der Waals surface area (Å²) in [5.41, 5.74) is -1.20. The van der Waals surface area contributed by atoms with Gasteiger partial charge in [0.2, 0.25) is 0 Å². The molecule has 0 aliphatic carbocycles. The largest absolute Gasteiger partial charge is 0.435 e. The van der Waals surface area contributed by atoms with Crippen molar-refractivity contribution in [3.63, 3.8) is 0 Å². The molecule has 0 fully saturated rings. The molecule has 0 aliphatic rings. The van der Waals surface area contributed by atoms with Crippen LogP contribution in [0.4, 0.5) is 33.9 Å². The lowest BCUT2D eigenvalue weighted by Crippen LogP contribution is -2.32. The molecule has 33 heavy (non-hydrogen) atoms. The van der Waals surface area contributed by atoms with Gasteiger partial charge in [0.1, 0.15) is 11.6 Å². The molecule has 0 unspecified atom stereocenters. The van der Waals surface area contributed by atoms with Crippen LogP contribution in [0.2, 0.25) is 5.02 Å². The Balaban J connectivity index is 1.92. The van der Waals surface area contributed by atoms with Gasteiger partial charge in [0.25, 0.3) is 5.91 Å². The van der Waals surface area contributed by atoms with E-state index < -0.39 is 29.6 Å². The third-order valence-corrected chi connectivity index (χ3v) is 4.77. The van der Waals surface area contributed by atoms with Gasteiger partial charge in [-0.05, 0) is 36.4 Å². The number of carbonyl (C=O) groups excluding carboxylic acids is 2. The first-order valence-electron chi connectivity index (χ1n) is 9.37. The Kier molecular flexibility index (Phi) is 6.63. The summed E-state index contributed by atoms with van der Waals surface area (Å²) in [7, 11) is 4.16. The first kappa shape index (κ1) is 24.1. The lowest BCUT2D eigenvalue weighted by molar-refractivity contribution is -0.141. The Labute approximate surface area is 191 Å². The van der Waals surface area contributed by atoms with Crippen molar-refractivity contribution in [1.29, 1.82) is 0 Å². The normalized spacial score (nSPS) is 11.3. The van der Waals surface area contributed by atoms with Gasteiger partial charge in [-0.25, -0.2) is 13.9 Å². The van der Waals surface area contributed by atoms with Gasteiger partial charge in [0, 0.05) is 37.9 Å². The SMILES string of the molecule is CN(C)C(=O)c1ccc(NC(=O)N(C)c2cc(C(F)(F)F)nn2-c2cccc(Cl)c2)cc1F. The first-order chi connectivity index (χ1) is 15.4. The molecule has 0 saturated heterocycles. The zero-order valence-electron chi connectivity index (χ0n) is 17.6. The summed E-state index contributed by atoms with van der Waals surface area (Å²) >= 11 is 5.94. The summed E-state index contributed by atoms with van der Waals surface area (Å²) in [5.74, 6) is -1.63. The highest BCUT2D eigenvalue weighted by Crippen LogP contribution is 2.33. The number of amides is 3. The van der Waals surface area contributed by atoms with E-state index in [1.807, 2.05) is 0 Å². The van der Waals surface area contributed by atoms with E-state index in [1.165, 1.54) is 62.4 Å². The van der Waals surface area contributed by atoms with E-state index in [-0.39, 0.29) is 27.8 Å². The van der Waals surface area contributed by atoms with E-state index in [0.29, 0.717) is 6.07 Å². The van der Waals surface area contributed by atoms with Gasteiger partial charge in [-0.1, -0.05) is 17.7 Å². The highest BCUT2D eigenvalue weighted by Gasteiger charge is 2.36. The van der Waals surface area contributed by atoms with Gasteiger partial charge >= 0.3 is 12.2 Å². The van der Waals surface area contributed by atoms with E-state index >= 15 is 0 Å². The minimum atomic E-state index is -4.76. The fraction of sp³-hybridized carbons (Fsp3) is 0.190. The van der Waals surface area contributed by atoms with Gasteiger partial charge in [0.05, 0.1) is 11.3 Å². The molecule has 0 spiro atoms. The van der Waals surface area contributed by atoms with Crippen molar-refractivity contribution in [3.05, 3.63) is 70.6 Å². The van der Waals surface area contributed by atoms with Gasteiger partial charge < -0.3 is 10.2 Å². The molecular formula is C21H18ClF4N5O2. The second-order valence-electron chi connectivity index (χ2n) is 7.16. The van der Waals surface area contributed by atoms with E-state index in [9.17, 15) is 27.2 Å². The van der Waals surface area contributed by atoms with Crippen LogP contribution in [-0.4, -0.2) is 47.8 Å². The molecule has 3 aromatic rings. The quantitative estimate of drug-likeness (QED) is 0.528. The van der Waals surface area contributed by atoms with Crippen molar-refractivity contribution in [1.82, 2.24) is 14.7 Å². The van der Waals surface area contributed by atoms with Crippen LogP contribution in [0.25, 0.3) is 5.69 Å². The fourth-order valence-electron chi connectivity index (χ4n) is 2.87. The lowest BCUT2D eigenvalue weighted by atomic mass is 10.1. The molecule has 2 aromatic carbocycles. The summed E-state index contributed by atoms with van der Waals surface area (Å²) in [6.45, 7) is 0. The van der Waals surface area contributed by atoms with Crippen LogP contribution in [-0.2, 0) is 6.18 Å². The molecule has 1 heterocycles. The standard InChI is InChI=1S/C21H18ClF4N5O2/c1-29(2)19(32)15-8-7-13(10-16(15)23)27-20(33)30(3)18-11-17(21(24,25)26)28-31(18)14-6-4-5-12(22)9-14/h4-11H,1-3H3,(H,27,33). The summed E-state index contributed by atoms with van der Waals surface area (Å²) in [6.07, 6.45) is -4.76. The van der Waals surface area contributed by atoms with Crippen molar-refractivity contribution >= 4 is 35.0 Å². The number of benzene rings is 2. The minimum Gasteiger partial charge on any atom is -0.345 e. The molecule has 3 amide bonds. The Bertz CT molecular complexity index is 1210. The molecule has 174 valence electrons. The van der Waals surface area contributed by atoms with Crippen LogP contribution in [0.5, 0.6) is 0 Å². The number of nitrogens with zero attached hydrogens (tertiary/aromatic N) is 4. The minimum absolute atomic E-state index is 0.00419. The second kappa shape index (κ2) is 9.10. The third kappa shape index (κ3) is 5.25. The first-order valence-corrected chi connectivity index (χ1v) is 9.75. The van der Waals surface area contributed by atoms with Gasteiger partial charge in [-0.3, -0.25) is 9.69 Å². The molecule has 12 heteroatoms. The van der Waals surface area contributed by atoms with Crippen molar-refractivity contribution < 1.29 is 27.2 Å². The van der Waals surface area contributed by atoms with Crippen LogP contribution in [0.3, 0.4) is 0 Å². The van der Waals surface area contributed by atoms with Crippen LogP contribution in [0, 0.1) is 5.82 Å². The Morgan fingerprint density at radius 3 is 2.33 bits per heavy atom. The van der Waals surface area contributed by atoms with E-state index in [0.717, 1.165) is 15.6 Å². The molecule has 0 bridgehead atoms. The number of alkyl halides is 3. The second-order valence-corrected chi connectivity index (χ2v) is 7.60. The van der Waals surface area contributed by atoms with E-state index in [2.05, 4.69) is 10.4 Å². The summed E-state index contributed by atoms with van der Waals surface area (Å²) in [5, 5.41) is 6.22. The van der Waals surface area contributed by atoms with E-state index in [1.54, 1.807) is 0 Å². The third-order valence-electron chi connectivity index (χ3n) is 4.54. The number of urea groups is 1.